The fourth-order valence-corrected chi connectivity index (χ4v) is 4.63. The summed E-state index contributed by atoms with van der Waals surface area (Å²) in [5, 5.41) is 39.9. The summed E-state index contributed by atoms with van der Waals surface area (Å²) in [6, 6.07) is 7.81. The van der Waals surface area contributed by atoms with E-state index < -0.39 is 0 Å². The summed E-state index contributed by atoms with van der Waals surface area (Å²) in [4.78, 5) is 11.0. The highest BCUT2D eigenvalue weighted by Gasteiger charge is 2.25. The molecule has 4 rings (SSSR count). The average molecular weight is 480 g/mol. The van der Waals surface area contributed by atoms with Gasteiger partial charge in [-0.05, 0) is 63.4 Å². The molecule has 0 radical (unpaired) electrons. The Morgan fingerprint density at radius 3 is 2.68 bits per heavy atom. The Morgan fingerprint density at radius 2 is 2.03 bits per heavy atom. The van der Waals surface area contributed by atoms with Crippen LogP contribution in [0.25, 0.3) is 5.65 Å². The van der Waals surface area contributed by atoms with Crippen molar-refractivity contribution in [3.05, 3.63) is 40.2 Å². The zero-order chi connectivity index (χ0) is 24.2. The fourth-order valence-electron chi connectivity index (χ4n) is 4.32. The summed E-state index contributed by atoms with van der Waals surface area (Å²) in [6.45, 7) is 6.71. The van der Waals surface area contributed by atoms with Gasteiger partial charge >= 0.3 is 0 Å². The van der Waals surface area contributed by atoms with Crippen molar-refractivity contribution in [2.45, 2.75) is 38.7 Å². The lowest BCUT2D eigenvalue weighted by Crippen LogP contribution is -2.37. The maximum Gasteiger partial charge on any atom is 0.247 e. The molecule has 3 aromatic rings. The molecular formula is C23H26ClN9O. The molecule has 0 unspecified atom stereocenters. The van der Waals surface area contributed by atoms with Crippen LogP contribution in [0.2, 0.25) is 5.02 Å². The van der Waals surface area contributed by atoms with Gasteiger partial charge in [0.05, 0.1) is 34.6 Å². The van der Waals surface area contributed by atoms with Crippen LogP contribution < -0.4 is 10.6 Å². The lowest BCUT2D eigenvalue weighted by atomic mass is 9.88. The van der Waals surface area contributed by atoms with Gasteiger partial charge in [0.1, 0.15) is 6.07 Å². The van der Waals surface area contributed by atoms with Crippen molar-refractivity contribution in [1.29, 1.82) is 10.5 Å². The number of likely N-dealkylation sites (tertiary alicyclic amines) is 1. The van der Waals surface area contributed by atoms with E-state index in [0.717, 1.165) is 31.5 Å². The minimum atomic E-state index is -0.362. The maximum absolute atomic E-state index is 9.67. The Hall–Kier alpha value is -3.44. The molecule has 1 fully saturated rings. The number of anilines is 3. The molecule has 34 heavy (non-hydrogen) atoms. The minimum absolute atomic E-state index is 0.200. The average Bonchev–Trinajstić information content (AvgIpc) is 3.24. The molecule has 0 spiro atoms. The first-order valence-corrected chi connectivity index (χ1v) is 11.6. The number of aliphatic hydroxyl groups excluding tert-OH is 1. The minimum Gasteiger partial charge on any atom is -0.392 e. The van der Waals surface area contributed by atoms with Crippen molar-refractivity contribution in [2.75, 3.05) is 36.8 Å². The van der Waals surface area contributed by atoms with E-state index in [2.05, 4.69) is 42.7 Å². The second kappa shape index (κ2) is 10.2. The Labute approximate surface area is 202 Å². The molecule has 0 saturated carbocycles. The highest BCUT2D eigenvalue weighted by Crippen LogP contribution is 2.38. The molecule has 0 aliphatic carbocycles. The van der Waals surface area contributed by atoms with Gasteiger partial charge in [-0.1, -0.05) is 11.6 Å². The molecule has 10 nitrogen and oxygen atoms in total. The lowest BCUT2D eigenvalue weighted by molar-refractivity contribution is 0.109. The number of imidazole rings is 1. The third-order valence-electron chi connectivity index (χ3n) is 5.85. The van der Waals surface area contributed by atoms with Gasteiger partial charge in [0, 0.05) is 13.1 Å². The summed E-state index contributed by atoms with van der Waals surface area (Å²) in [7, 11) is 0. The van der Waals surface area contributed by atoms with Crippen molar-refractivity contribution in [2.24, 2.45) is 0 Å². The number of nitrogens with one attached hydrogen (secondary N) is 2. The maximum atomic E-state index is 9.67. The number of fused-ring (bicyclic) bond motifs is 1. The quantitative estimate of drug-likeness (QED) is 0.466. The molecule has 11 heteroatoms. The van der Waals surface area contributed by atoms with Gasteiger partial charge in [-0.3, -0.25) is 0 Å². The summed E-state index contributed by atoms with van der Waals surface area (Å²) in [6.07, 6.45) is 2.85. The molecular weight excluding hydrogens is 454 g/mol. The molecule has 1 saturated heterocycles. The van der Waals surface area contributed by atoms with Gasteiger partial charge < -0.3 is 20.6 Å². The number of hydrogen-bond donors (Lipinski definition) is 3. The number of rotatable bonds is 7. The van der Waals surface area contributed by atoms with E-state index in [9.17, 15) is 15.6 Å². The highest BCUT2D eigenvalue weighted by molar-refractivity contribution is 6.34. The number of halogens is 1. The van der Waals surface area contributed by atoms with E-state index in [4.69, 9.17) is 11.6 Å². The Kier molecular flexibility index (Phi) is 7.13. The van der Waals surface area contributed by atoms with Gasteiger partial charge in [-0.15, -0.1) is 5.10 Å². The molecule has 1 aliphatic rings. The van der Waals surface area contributed by atoms with Crippen molar-refractivity contribution in [1.82, 2.24) is 24.5 Å². The Morgan fingerprint density at radius 1 is 1.26 bits per heavy atom. The van der Waals surface area contributed by atoms with Gasteiger partial charge in [-0.25, -0.2) is 4.98 Å². The third kappa shape index (κ3) is 4.90. The van der Waals surface area contributed by atoms with Crippen LogP contribution in [0.3, 0.4) is 0 Å². The zero-order valence-electron chi connectivity index (χ0n) is 19.1. The van der Waals surface area contributed by atoms with Gasteiger partial charge in [0.2, 0.25) is 5.95 Å². The number of hydrogen-bond acceptors (Lipinski definition) is 9. The molecule has 1 aromatic carbocycles. The monoisotopic (exact) mass is 479 g/mol. The van der Waals surface area contributed by atoms with Crippen LogP contribution in [0.1, 0.15) is 49.4 Å². The van der Waals surface area contributed by atoms with Gasteiger partial charge in [0.15, 0.2) is 17.2 Å². The van der Waals surface area contributed by atoms with Crippen molar-refractivity contribution in [3.63, 3.8) is 0 Å². The van der Waals surface area contributed by atoms with E-state index in [1.54, 1.807) is 13.0 Å². The molecule has 0 bridgehead atoms. The molecule has 1 atom stereocenters. The predicted molar refractivity (Wildman–Crippen MR) is 129 cm³/mol. The largest absolute Gasteiger partial charge is 0.392 e. The standard InChI is InChI=1S/C23H26ClN9O/c1-3-27-21-22-28-12-17(11-26)33(22)31-23(30-21)29-19-9-15(10-25)8-18(20(19)24)16-4-6-32(7-5-16)13-14(2)34/h8-9,12,14,16,34H,3-7,13H2,1-2H3,(H2,27,29,30,31)/t14-/m0/s1. The first-order valence-electron chi connectivity index (χ1n) is 11.2. The highest BCUT2D eigenvalue weighted by atomic mass is 35.5. The Balaban J connectivity index is 1.66. The smallest absolute Gasteiger partial charge is 0.247 e. The molecule has 3 N–H and O–H groups in total. The van der Waals surface area contributed by atoms with Crippen LogP contribution in [0.5, 0.6) is 0 Å². The molecule has 1 aliphatic heterocycles. The van der Waals surface area contributed by atoms with E-state index in [1.165, 1.54) is 10.7 Å². The van der Waals surface area contributed by atoms with E-state index >= 15 is 0 Å². The van der Waals surface area contributed by atoms with Crippen molar-refractivity contribution < 1.29 is 5.11 Å². The number of nitriles is 2. The van der Waals surface area contributed by atoms with Crippen LogP contribution in [0, 0.1) is 22.7 Å². The number of benzene rings is 1. The van der Waals surface area contributed by atoms with E-state index in [1.807, 2.05) is 13.0 Å². The third-order valence-corrected chi connectivity index (χ3v) is 6.27. The molecule has 3 heterocycles. The normalized spacial score (nSPS) is 15.6. The van der Waals surface area contributed by atoms with Gasteiger partial charge in [0.25, 0.3) is 0 Å². The molecule has 0 amide bonds. The van der Waals surface area contributed by atoms with Crippen LogP contribution >= 0.6 is 11.6 Å². The van der Waals surface area contributed by atoms with Crippen molar-refractivity contribution in [3.8, 4) is 12.1 Å². The second-order valence-electron chi connectivity index (χ2n) is 8.39. The Bertz CT molecular complexity index is 1270. The first kappa shape index (κ1) is 23.7. The van der Waals surface area contributed by atoms with Crippen LogP contribution in [0.4, 0.5) is 17.5 Å². The van der Waals surface area contributed by atoms with Crippen LogP contribution in [-0.4, -0.2) is 61.9 Å². The van der Waals surface area contributed by atoms with E-state index in [-0.39, 0.29) is 23.7 Å². The zero-order valence-corrected chi connectivity index (χ0v) is 19.8. The molecule has 176 valence electrons. The van der Waals surface area contributed by atoms with Crippen molar-refractivity contribution >= 4 is 34.7 Å². The van der Waals surface area contributed by atoms with E-state index in [0.29, 0.717) is 40.8 Å². The predicted octanol–water partition coefficient (Wildman–Crippen LogP) is 3.26. The summed E-state index contributed by atoms with van der Waals surface area (Å²) in [5.74, 6) is 0.915. The lowest BCUT2D eigenvalue weighted by Gasteiger charge is -2.33. The number of aromatic nitrogens is 4. The second-order valence-corrected chi connectivity index (χ2v) is 8.77. The number of β-amino-alcohol motifs (C(OH)–C–C–N with tert-alkyl or cyclic N) is 1. The number of nitrogens with zero attached hydrogens (tertiary/aromatic N) is 7. The topological polar surface area (TPSA) is 138 Å². The molecule has 2 aromatic heterocycles. The first-order chi connectivity index (χ1) is 16.4. The number of aliphatic hydroxyl groups is 1. The number of piperidine rings is 1. The SMILES string of the molecule is CCNc1nc(Nc2cc(C#N)cc(C3CCN(C[C@H](C)O)CC3)c2Cl)nn2c(C#N)cnc12. The van der Waals surface area contributed by atoms with Gasteiger partial charge in [-0.2, -0.15) is 20.0 Å². The fraction of sp³-hybridized carbons (Fsp3) is 0.435. The van der Waals surface area contributed by atoms with Crippen LogP contribution in [-0.2, 0) is 0 Å². The van der Waals surface area contributed by atoms with Crippen LogP contribution in [0.15, 0.2) is 18.3 Å². The summed E-state index contributed by atoms with van der Waals surface area (Å²) < 4.78 is 1.42. The summed E-state index contributed by atoms with van der Waals surface area (Å²) in [5.41, 5.74) is 2.66. The summed E-state index contributed by atoms with van der Waals surface area (Å²) >= 11 is 6.83.